The fourth-order valence-electron chi connectivity index (χ4n) is 3.50. The highest BCUT2D eigenvalue weighted by atomic mass is 31.1. The summed E-state index contributed by atoms with van der Waals surface area (Å²) in [6, 6.07) is 32.7. The quantitative estimate of drug-likeness (QED) is 0.520. The Kier molecular flexibility index (Phi) is 5.51. The van der Waals surface area contributed by atoms with Crippen LogP contribution in [0.3, 0.4) is 0 Å². The Hall–Kier alpha value is -1.91. The summed E-state index contributed by atoms with van der Waals surface area (Å²) in [5.41, 5.74) is 2.84. The summed E-state index contributed by atoms with van der Waals surface area (Å²) in [6.07, 6.45) is 6.83. The molecule has 1 fully saturated rings. The first kappa shape index (κ1) is 17.5. The maximum atomic E-state index is 2.32. The molecule has 0 heterocycles. The van der Waals surface area contributed by atoms with Gasteiger partial charge < -0.3 is 0 Å². The topological polar surface area (TPSA) is 0 Å². The molecule has 1 unspecified atom stereocenters. The minimum atomic E-state index is -0.553. The van der Waals surface area contributed by atoms with Crippen LogP contribution in [0.2, 0.25) is 0 Å². The molecule has 0 N–H and O–H groups in total. The molecule has 0 bridgehead atoms. The molecule has 3 aromatic rings. The van der Waals surface area contributed by atoms with E-state index in [-0.39, 0.29) is 0 Å². The lowest BCUT2D eigenvalue weighted by Gasteiger charge is -2.32. The van der Waals surface area contributed by atoms with Crippen molar-refractivity contribution in [3.8, 4) is 0 Å². The Morgan fingerprint density at radius 3 is 1.65 bits per heavy atom. The van der Waals surface area contributed by atoms with E-state index >= 15 is 0 Å². The second-order valence-corrected chi connectivity index (χ2v) is 8.69. The van der Waals surface area contributed by atoms with Crippen LogP contribution in [-0.2, 0) is 0 Å². The Balaban J connectivity index is 1.71. The van der Waals surface area contributed by atoms with Crippen LogP contribution in [0.15, 0.2) is 91.0 Å². The van der Waals surface area contributed by atoms with Crippen molar-refractivity contribution in [2.24, 2.45) is 0 Å². The van der Waals surface area contributed by atoms with Gasteiger partial charge >= 0.3 is 0 Å². The minimum absolute atomic E-state index is 0.388. The first-order valence-corrected chi connectivity index (χ1v) is 10.4. The third-order valence-electron chi connectivity index (χ3n) is 4.86. The number of hydrogen-bond acceptors (Lipinski definition) is 0. The predicted octanol–water partition coefficient (Wildman–Crippen LogP) is 5.66. The van der Waals surface area contributed by atoms with Gasteiger partial charge in [0.25, 0.3) is 0 Å². The molecule has 1 atom stereocenters. The molecule has 0 saturated heterocycles. The van der Waals surface area contributed by atoms with E-state index in [4.69, 9.17) is 0 Å². The summed E-state index contributed by atoms with van der Waals surface area (Å²) in [5, 5.41) is 2.81. The molecule has 26 heavy (non-hydrogen) atoms. The van der Waals surface area contributed by atoms with E-state index in [1.807, 2.05) is 0 Å². The van der Waals surface area contributed by atoms with Crippen molar-refractivity contribution in [3.05, 3.63) is 127 Å². The smallest absolute Gasteiger partial charge is 0.0201 e. The monoisotopic (exact) mass is 353 g/mol. The van der Waals surface area contributed by atoms with Gasteiger partial charge in [-0.15, -0.1) is 0 Å². The highest BCUT2D eigenvalue weighted by Crippen LogP contribution is 2.59. The molecule has 127 valence electrons. The molecule has 1 heteroatoms. The van der Waals surface area contributed by atoms with Gasteiger partial charge in [-0.05, 0) is 55.2 Å². The highest BCUT2D eigenvalue weighted by molar-refractivity contribution is 7.76. The molecule has 1 saturated carbocycles. The first-order valence-electron chi connectivity index (χ1n) is 9.05. The molecule has 3 aromatic carbocycles. The third kappa shape index (κ3) is 3.62. The Morgan fingerprint density at radius 2 is 1.12 bits per heavy atom. The molecule has 0 spiro atoms. The lowest BCUT2D eigenvalue weighted by atomic mass is 9.86. The van der Waals surface area contributed by atoms with E-state index in [1.54, 1.807) is 0 Å². The third-order valence-corrected chi connectivity index (χ3v) is 7.38. The van der Waals surface area contributed by atoms with Crippen LogP contribution in [0, 0.1) is 30.8 Å². The maximum Gasteiger partial charge on any atom is 0.0201 e. The molecule has 0 amide bonds. The number of hydrogen-bond donors (Lipinski definition) is 0. The van der Waals surface area contributed by atoms with Gasteiger partial charge in [0, 0.05) is 5.66 Å². The fraction of sp³-hybridized carbons (Fsp3) is 0.0800. The molecular weight excluding hydrogens is 331 g/mol. The van der Waals surface area contributed by atoms with Crippen molar-refractivity contribution >= 4 is 18.5 Å². The average molecular weight is 353 g/mol. The van der Waals surface area contributed by atoms with Crippen molar-refractivity contribution < 1.29 is 0 Å². The van der Waals surface area contributed by atoms with Gasteiger partial charge in [-0.3, -0.25) is 0 Å². The fourth-order valence-corrected chi connectivity index (χ4v) is 6.05. The average Bonchev–Trinajstić information content (AvgIpc) is 3.19. The Labute approximate surface area is 159 Å². The van der Waals surface area contributed by atoms with Crippen molar-refractivity contribution in [1.82, 2.24) is 0 Å². The lowest BCUT2D eigenvalue weighted by Crippen LogP contribution is -2.21. The van der Waals surface area contributed by atoms with Crippen LogP contribution >= 0.6 is 7.92 Å². The standard InChI is InChI=1S/C25H22P/c1-20(21-12-5-2-6-13-21)24-18-11-19-25(24)26(22-14-7-3-8-15-22)23-16-9-4-10-17-23/h2-20H,1H3. The SMILES string of the molecule is CC([C]1[CH][CH][CH][C]1P(c1ccccc1)c1ccccc1)c1ccccc1. The van der Waals surface area contributed by atoms with Gasteiger partial charge in [-0.2, -0.15) is 0 Å². The van der Waals surface area contributed by atoms with E-state index < -0.39 is 7.92 Å². The summed E-state index contributed by atoms with van der Waals surface area (Å²) < 4.78 is 0. The van der Waals surface area contributed by atoms with E-state index in [9.17, 15) is 0 Å². The molecule has 4 rings (SSSR count). The van der Waals surface area contributed by atoms with Gasteiger partial charge in [0.1, 0.15) is 0 Å². The molecule has 1 aliphatic carbocycles. The van der Waals surface area contributed by atoms with Crippen molar-refractivity contribution in [2.45, 2.75) is 12.8 Å². The minimum Gasteiger partial charge on any atom is -0.0622 e. The normalized spacial score (nSPS) is 16.8. The van der Waals surface area contributed by atoms with Crippen LogP contribution in [-0.4, -0.2) is 0 Å². The second kappa shape index (κ2) is 8.19. The zero-order chi connectivity index (χ0) is 17.8. The van der Waals surface area contributed by atoms with Gasteiger partial charge in [0.15, 0.2) is 0 Å². The molecule has 1 aliphatic rings. The summed E-state index contributed by atoms with van der Waals surface area (Å²) in [4.78, 5) is 0. The number of rotatable bonds is 5. The van der Waals surface area contributed by atoms with Gasteiger partial charge in [0.2, 0.25) is 0 Å². The zero-order valence-electron chi connectivity index (χ0n) is 14.9. The summed E-state index contributed by atoms with van der Waals surface area (Å²) in [6.45, 7) is 2.32. The van der Waals surface area contributed by atoms with Crippen molar-refractivity contribution in [2.75, 3.05) is 0 Å². The first-order chi connectivity index (χ1) is 12.8. The van der Waals surface area contributed by atoms with Crippen LogP contribution in [0.5, 0.6) is 0 Å². The van der Waals surface area contributed by atoms with Crippen LogP contribution < -0.4 is 10.6 Å². The second-order valence-electron chi connectivity index (χ2n) is 6.51. The lowest BCUT2D eigenvalue weighted by molar-refractivity contribution is 0.818. The van der Waals surface area contributed by atoms with Gasteiger partial charge in [-0.1, -0.05) is 97.9 Å². The largest absolute Gasteiger partial charge is 0.0622 e. The molecular formula is C25H22P. The van der Waals surface area contributed by atoms with Crippen LogP contribution in [0.4, 0.5) is 0 Å². The highest BCUT2D eigenvalue weighted by Gasteiger charge is 2.39. The molecule has 0 aromatic heterocycles. The van der Waals surface area contributed by atoms with Crippen LogP contribution in [0.25, 0.3) is 0 Å². The van der Waals surface area contributed by atoms with E-state index in [0.29, 0.717) is 5.92 Å². The summed E-state index contributed by atoms with van der Waals surface area (Å²) >= 11 is 0. The zero-order valence-corrected chi connectivity index (χ0v) is 15.8. The van der Waals surface area contributed by atoms with Gasteiger partial charge in [0.05, 0.1) is 0 Å². The maximum absolute atomic E-state index is 2.32. The van der Waals surface area contributed by atoms with Crippen molar-refractivity contribution in [3.63, 3.8) is 0 Å². The Bertz CT molecular complexity index is 758. The van der Waals surface area contributed by atoms with E-state index in [1.165, 1.54) is 27.7 Å². The van der Waals surface area contributed by atoms with E-state index in [0.717, 1.165) is 0 Å². The molecule has 0 nitrogen and oxygen atoms in total. The van der Waals surface area contributed by atoms with E-state index in [2.05, 4.69) is 117 Å². The summed E-state index contributed by atoms with van der Waals surface area (Å²) in [5.74, 6) is 1.83. The number of benzene rings is 3. The van der Waals surface area contributed by atoms with Crippen LogP contribution in [0.1, 0.15) is 18.4 Å². The van der Waals surface area contributed by atoms with Gasteiger partial charge in [-0.25, -0.2) is 0 Å². The summed E-state index contributed by atoms with van der Waals surface area (Å²) in [7, 11) is -0.553. The predicted molar refractivity (Wildman–Crippen MR) is 113 cm³/mol. The molecule has 0 aliphatic heterocycles. The molecule has 5 radical (unpaired) electrons. The Morgan fingerprint density at radius 1 is 0.615 bits per heavy atom. The van der Waals surface area contributed by atoms with Crippen molar-refractivity contribution in [1.29, 1.82) is 0 Å².